The van der Waals surface area contributed by atoms with Crippen LogP contribution in [0, 0.1) is 0 Å². The fraction of sp³-hybridized carbons (Fsp3) is 0.500. The second kappa shape index (κ2) is 7.77. The molecule has 1 aliphatic rings. The van der Waals surface area contributed by atoms with Crippen molar-refractivity contribution in [2.45, 2.75) is 37.8 Å². The van der Waals surface area contributed by atoms with Gasteiger partial charge in [-0.1, -0.05) is 6.58 Å². The zero-order valence-electron chi connectivity index (χ0n) is 13.0. The van der Waals surface area contributed by atoms with E-state index in [0.717, 1.165) is 0 Å². The molecule has 1 fully saturated rings. The van der Waals surface area contributed by atoms with E-state index in [2.05, 4.69) is 32.8 Å². The lowest BCUT2D eigenvalue weighted by Gasteiger charge is -2.20. The zero-order chi connectivity index (χ0) is 17.9. The number of aromatic amines is 1. The van der Waals surface area contributed by atoms with Gasteiger partial charge in [-0.05, 0) is 22.9 Å². The fourth-order valence-electron chi connectivity index (χ4n) is 2.36. The number of ether oxygens (including phenoxy) is 2. The molecule has 0 saturated carbocycles. The van der Waals surface area contributed by atoms with Crippen LogP contribution in [0.1, 0.15) is 19.6 Å². The molecule has 0 spiro atoms. The number of rotatable bonds is 6. The number of carbonyl (C=O) groups excluding carboxylic acids is 1. The number of halogens is 1. The third-order valence-electron chi connectivity index (χ3n) is 3.59. The highest BCUT2D eigenvalue weighted by Crippen LogP contribution is 2.28. The first kappa shape index (κ1) is 18.4. The van der Waals surface area contributed by atoms with Crippen LogP contribution in [0.2, 0.25) is 0 Å². The lowest BCUT2D eigenvalue weighted by Crippen LogP contribution is -2.48. The van der Waals surface area contributed by atoms with Crippen molar-refractivity contribution in [1.29, 1.82) is 0 Å². The van der Waals surface area contributed by atoms with Crippen molar-refractivity contribution < 1.29 is 14.3 Å². The van der Waals surface area contributed by atoms with Gasteiger partial charge in [0, 0.05) is 12.6 Å². The molecule has 0 aliphatic carbocycles. The van der Waals surface area contributed by atoms with Crippen molar-refractivity contribution in [2.75, 3.05) is 6.61 Å². The highest BCUT2D eigenvalue weighted by molar-refractivity contribution is 9.10. The molecule has 4 N–H and O–H groups in total. The van der Waals surface area contributed by atoms with Gasteiger partial charge in [0.05, 0.1) is 22.8 Å². The van der Waals surface area contributed by atoms with Crippen molar-refractivity contribution in [3.05, 3.63) is 44.3 Å². The Balaban J connectivity index is 2.23. The number of hydrogen-bond acceptors (Lipinski definition) is 6. The Morgan fingerprint density at radius 1 is 1.71 bits per heavy atom. The summed E-state index contributed by atoms with van der Waals surface area (Å²) in [5.74, 6) is -0.331. The maximum atomic E-state index is 12.0. The van der Waals surface area contributed by atoms with Crippen LogP contribution < -0.4 is 22.3 Å². The third kappa shape index (κ3) is 4.13. The van der Waals surface area contributed by atoms with Gasteiger partial charge in [-0.15, -0.1) is 0 Å². The number of nitrogens with two attached hydrogens (primary N) is 1. The summed E-state index contributed by atoms with van der Waals surface area (Å²) in [6, 6.07) is -1.07. The molecule has 4 atom stereocenters. The number of aromatic nitrogens is 2. The average molecular weight is 403 g/mol. The summed E-state index contributed by atoms with van der Waals surface area (Å²) in [5.41, 5.74) is 4.44. The van der Waals surface area contributed by atoms with E-state index in [4.69, 9.17) is 15.2 Å². The summed E-state index contributed by atoms with van der Waals surface area (Å²) < 4.78 is 12.4. The Kier molecular flexibility index (Phi) is 5.97. The van der Waals surface area contributed by atoms with E-state index in [9.17, 15) is 14.4 Å². The Morgan fingerprint density at radius 3 is 3.04 bits per heavy atom. The van der Waals surface area contributed by atoms with Crippen molar-refractivity contribution in [3.8, 4) is 0 Å². The van der Waals surface area contributed by atoms with Crippen LogP contribution in [0.3, 0.4) is 0 Å². The summed E-state index contributed by atoms with van der Waals surface area (Å²) >= 11 is 3.08. The summed E-state index contributed by atoms with van der Waals surface area (Å²) in [7, 11) is 0. The second-order valence-corrected chi connectivity index (χ2v) is 6.27. The summed E-state index contributed by atoms with van der Waals surface area (Å²) in [4.78, 5) is 37.5. The van der Waals surface area contributed by atoms with E-state index in [1.807, 2.05) is 0 Å². The van der Waals surface area contributed by atoms with Crippen LogP contribution in [0.4, 0.5) is 0 Å². The fourth-order valence-corrected chi connectivity index (χ4v) is 2.68. The predicted molar refractivity (Wildman–Crippen MR) is 89.3 cm³/mol. The van der Waals surface area contributed by atoms with Gasteiger partial charge in [-0.25, -0.2) is 4.79 Å². The highest BCUT2D eigenvalue weighted by Gasteiger charge is 2.38. The minimum absolute atomic E-state index is 0.156. The van der Waals surface area contributed by atoms with Crippen molar-refractivity contribution in [1.82, 2.24) is 14.9 Å². The normalized spacial score (nSPS) is 24.4. The van der Waals surface area contributed by atoms with Crippen LogP contribution in [0.5, 0.6) is 0 Å². The first-order valence-electron chi connectivity index (χ1n) is 7.28. The number of H-pyrrole nitrogens is 1. The molecule has 1 aromatic heterocycles. The Hall–Kier alpha value is -1.91. The highest BCUT2D eigenvalue weighted by atomic mass is 79.9. The molecule has 0 aromatic carbocycles. The lowest BCUT2D eigenvalue weighted by atomic mass is 10.1. The maximum absolute atomic E-state index is 12.0. The van der Waals surface area contributed by atoms with Gasteiger partial charge < -0.3 is 20.5 Å². The van der Waals surface area contributed by atoms with E-state index in [1.165, 1.54) is 17.0 Å². The monoisotopic (exact) mass is 402 g/mol. The summed E-state index contributed by atoms with van der Waals surface area (Å²) in [6.07, 6.45) is 1.79. The second-order valence-electron chi connectivity index (χ2n) is 5.41. The number of nitrogens with one attached hydrogen (secondary N) is 2. The molecule has 1 aliphatic heterocycles. The van der Waals surface area contributed by atoms with Crippen LogP contribution >= 0.6 is 15.9 Å². The summed E-state index contributed by atoms with van der Waals surface area (Å²) in [5, 5.41) is 2.78. The van der Waals surface area contributed by atoms with Crippen molar-refractivity contribution in [3.63, 3.8) is 0 Å². The number of hydrogen-bond donors (Lipinski definition) is 3. The van der Waals surface area contributed by atoms with E-state index in [-0.39, 0.29) is 17.0 Å². The van der Waals surface area contributed by atoms with E-state index < -0.39 is 35.7 Å². The maximum Gasteiger partial charge on any atom is 0.330 e. The molecule has 1 amide bonds. The van der Waals surface area contributed by atoms with Crippen molar-refractivity contribution in [2.24, 2.45) is 5.73 Å². The summed E-state index contributed by atoms with van der Waals surface area (Å²) in [6.45, 7) is 5.19. The van der Waals surface area contributed by atoms with Crippen LogP contribution in [-0.4, -0.2) is 40.3 Å². The zero-order valence-corrected chi connectivity index (χ0v) is 14.6. The van der Waals surface area contributed by atoms with E-state index in [1.54, 1.807) is 6.92 Å². The average Bonchev–Trinajstić information content (AvgIpc) is 2.91. The van der Waals surface area contributed by atoms with Gasteiger partial charge >= 0.3 is 5.69 Å². The minimum atomic E-state index is -0.671. The Labute approximate surface area is 146 Å². The van der Waals surface area contributed by atoms with E-state index in [0.29, 0.717) is 6.42 Å². The predicted octanol–water partition coefficient (Wildman–Crippen LogP) is -0.421. The minimum Gasteiger partial charge on any atom is -0.499 e. The molecule has 2 heterocycles. The van der Waals surface area contributed by atoms with Crippen LogP contribution in [-0.2, 0) is 14.3 Å². The third-order valence-corrected chi connectivity index (χ3v) is 4.16. The van der Waals surface area contributed by atoms with Gasteiger partial charge in [0.2, 0.25) is 5.91 Å². The molecule has 2 rings (SSSR count). The molecule has 0 unspecified atom stereocenters. The largest absolute Gasteiger partial charge is 0.499 e. The number of nitrogens with zero attached hydrogens (tertiary/aromatic N) is 1. The first-order valence-corrected chi connectivity index (χ1v) is 8.07. The van der Waals surface area contributed by atoms with Crippen LogP contribution in [0.25, 0.3) is 0 Å². The van der Waals surface area contributed by atoms with Gasteiger partial charge in [0.1, 0.15) is 18.9 Å². The molecule has 1 saturated heterocycles. The number of amides is 1. The number of carbonyl (C=O) groups is 1. The molecule has 0 radical (unpaired) electrons. The molecule has 24 heavy (non-hydrogen) atoms. The molecule has 0 bridgehead atoms. The molecule has 9 nitrogen and oxygen atoms in total. The van der Waals surface area contributed by atoms with Gasteiger partial charge in [0.15, 0.2) is 0 Å². The first-order chi connectivity index (χ1) is 11.3. The topological polar surface area (TPSA) is 128 Å². The van der Waals surface area contributed by atoms with Gasteiger partial charge in [-0.3, -0.25) is 19.1 Å². The molecular formula is C14H19BrN4O5. The van der Waals surface area contributed by atoms with Crippen LogP contribution in [0.15, 0.2) is 33.1 Å². The standard InChI is InChI=1S/C14H19BrN4O5/c1-3-23-6-10-9(17-12(20)7(2)16)4-11(24-10)19-5-8(15)13(21)18-14(19)22/h3,5,7,9-11H,1,4,6,16H2,2H3,(H,17,20)(H,18,21,22)/t7-,9-,10+,11+/m0/s1. The van der Waals surface area contributed by atoms with Crippen molar-refractivity contribution >= 4 is 21.8 Å². The lowest BCUT2D eigenvalue weighted by molar-refractivity contribution is -0.123. The quantitative estimate of drug-likeness (QED) is 0.554. The molecular weight excluding hydrogens is 384 g/mol. The Morgan fingerprint density at radius 2 is 2.42 bits per heavy atom. The SMILES string of the molecule is C=COC[C@H]1O[C@@H](n2cc(Br)c(=O)[nH]c2=O)C[C@@H]1NC(=O)[C@H](C)N. The molecule has 1 aromatic rings. The van der Waals surface area contributed by atoms with Gasteiger partial charge in [0.25, 0.3) is 5.56 Å². The van der Waals surface area contributed by atoms with E-state index >= 15 is 0 Å². The van der Waals surface area contributed by atoms with Gasteiger partial charge in [-0.2, -0.15) is 0 Å². The Bertz CT molecular complexity index is 729. The molecule has 132 valence electrons. The smallest absolute Gasteiger partial charge is 0.330 e. The molecule has 10 heteroatoms.